The second-order valence-electron chi connectivity index (χ2n) is 4.09. The van der Waals surface area contributed by atoms with Gasteiger partial charge in [0.05, 0.1) is 4.34 Å². The summed E-state index contributed by atoms with van der Waals surface area (Å²) in [6.45, 7) is 3.55. The second kappa shape index (κ2) is 6.32. The first-order valence-corrected chi connectivity index (χ1v) is 7.15. The van der Waals surface area contributed by atoms with E-state index in [1.807, 2.05) is 18.2 Å². The van der Waals surface area contributed by atoms with Gasteiger partial charge in [-0.05, 0) is 42.8 Å². The molecule has 1 aromatic heterocycles. The van der Waals surface area contributed by atoms with Gasteiger partial charge in [0.15, 0.2) is 0 Å². The number of thiophene rings is 1. The first-order valence-electron chi connectivity index (χ1n) is 5.95. The van der Waals surface area contributed by atoms with E-state index in [9.17, 15) is 4.39 Å². The van der Waals surface area contributed by atoms with Crippen LogP contribution in [0.2, 0.25) is 4.34 Å². The third kappa shape index (κ3) is 3.31. The highest BCUT2D eigenvalue weighted by Gasteiger charge is 2.06. The minimum absolute atomic E-state index is 0.162. The predicted octanol–water partition coefficient (Wildman–Crippen LogP) is 4.71. The molecular weight excluding hydrogens is 269 g/mol. The summed E-state index contributed by atoms with van der Waals surface area (Å²) in [5, 5.41) is 3.21. The molecule has 96 valence electrons. The Hall–Kier alpha value is -0.900. The molecule has 0 aliphatic carbocycles. The van der Waals surface area contributed by atoms with E-state index >= 15 is 0 Å². The third-order valence-electron chi connectivity index (χ3n) is 2.65. The fourth-order valence-corrected chi connectivity index (χ4v) is 2.77. The van der Waals surface area contributed by atoms with Crippen molar-refractivity contribution in [2.75, 3.05) is 6.54 Å². The molecule has 0 unspecified atom stereocenters. The van der Waals surface area contributed by atoms with E-state index in [1.54, 1.807) is 6.07 Å². The maximum Gasteiger partial charge on any atom is 0.127 e. The number of hydrogen-bond donors (Lipinski definition) is 1. The minimum atomic E-state index is -0.162. The van der Waals surface area contributed by atoms with Crippen LogP contribution in [0.5, 0.6) is 0 Å². The SMILES string of the molecule is CCCNCc1cc(-c2ccc(Cl)s2)ccc1F. The summed E-state index contributed by atoms with van der Waals surface area (Å²) in [4.78, 5) is 1.07. The van der Waals surface area contributed by atoms with Gasteiger partial charge in [-0.15, -0.1) is 11.3 Å². The molecule has 2 rings (SSSR count). The molecule has 0 aliphatic heterocycles. The van der Waals surface area contributed by atoms with Gasteiger partial charge in [0.25, 0.3) is 0 Å². The Morgan fingerprint density at radius 1 is 1.28 bits per heavy atom. The first kappa shape index (κ1) is 13.5. The summed E-state index contributed by atoms with van der Waals surface area (Å²) in [7, 11) is 0. The number of benzene rings is 1. The second-order valence-corrected chi connectivity index (χ2v) is 5.80. The Labute approximate surface area is 116 Å². The highest BCUT2D eigenvalue weighted by Crippen LogP contribution is 2.31. The zero-order valence-electron chi connectivity index (χ0n) is 10.2. The van der Waals surface area contributed by atoms with Crippen LogP contribution in [0.25, 0.3) is 10.4 Å². The van der Waals surface area contributed by atoms with Crippen LogP contribution in [0, 0.1) is 5.82 Å². The van der Waals surface area contributed by atoms with Crippen molar-refractivity contribution in [2.45, 2.75) is 19.9 Å². The summed E-state index contributed by atoms with van der Waals surface area (Å²) in [5.41, 5.74) is 1.71. The summed E-state index contributed by atoms with van der Waals surface area (Å²) in [6, 6.07) is 9.02. The molecule has 0 saturated heterocycles. The topological polar surface area (TPSA) is 12.0 Å². The van der Waals surface area contributed by atoms with Crippen LogP contribution < -0.4 is 5.32 Å². The highest BCUT2D eigenvalue weighted by atomic mass is 35.5. The molecule has 2 aromatic rings. The van der Waals surface area contributed by atoms with Crippen molar-refractivity contribution in [3.05, 3.63) is 46.0 Å². The standard InChI is InChI=1S/C14H15ClFNS/c1-2-7-17-9-11-8-10(3-4-12(11)16)13-5-6-14(15)18-13/h3-6,8,17H,2,7,9H2,1H3. The Balaban J connectivity index is 2.20. The first-order chi connectivity index (χ1) is 8.70. The van der Waals surface area contributed by atoms with Crippen LogP contribution in [-0.2, 0) is 6.54 Å². The smallest absolute Gasteiger partial charge is 0.127 e. The molecule has 0 atom stereocenters. The van der Waals surface area contributed by atoms with Crippen molar-refractivity contribution in [1.29, 1.82) is 0 Å². The number of hydrogen-bond acceptors (Lipinski definition) is 2. The van der Waals surface area contributed by atoms with E-state index in [0.29, 0.717) is 12.1 Å². The third-order valence-corrected chi connectivity index (χ3v) is 3.93. The van der Waals surface area contributed by atoms with Crippen molar-refractivity contribution in [2.24, 2.45) is 0 Å². The van der Waals surface area contributed by atoms with Gasteiger partial charge in [-0.1, -0.05) is 24.6 Å². The summed E-state index contributed by atoms with van der Waals surface area (Å²) in [5.74, 6) is -0.162. The van der Waals surface area contributed by atoms with Crippen LogP contribution in [0.1, 0.15) is 18.9 Å². The van der Waals surface area contributed by atoms with E-state index in [0.717, 1.165) is 27.7 Å². The van der Waals surface area contributed by atoms with Gasteiger partial charge >= 0.3 is 0 Å². The van der Waals surface area contributed by atoms with Gasteiger partial charge in [-0.25, -0.2) is 4.39 Å². The molecule has 0 fully saturated rings. The lowest BCUT2D eigenvalue weighted by Gasteiger charge is -2.07. The van der Waals surface area contributed by atoms with Crippen LogP contribution in [0.4, 0.5) is 4.39 Å². The van der Waals surface area contributed by atoms with Crippen LogP contribution >= 0.6 is 22.9 Å². The number of rotatable bonds is 5. The van der Waals surface area contributed by atoms with E-state index in [-0.39, 0.29) is 5.82 Å². The lowest BCUT2D eigenvalue weighted by Crippen LogP contribution is -2.14. The van der Waals surface area contributed by atoms with Crippen molar-refractivity contribution in [3.63, 3.8) is 0 Å². The maximum absolute atomic E-state index is 13.7. The zero-order chi connectivity index (χ0) is 13.0. The van der Waals surface area contributed by atoms with Crippen LogP contribution in [0.3, 0.4) is 0 Å². The van der Waals surface area contributed by atoms with Crippen LogP contribution in [-0.4, -0.2) is 6.54 Å². The van der Waals surface area contributed by atoms with Crippen LogP contribution in [0.15, 0.2) is 30.3 Å². The monoisotopic (exact) mass is 283 g/mol. The van der Waals surface area contributed by atoms with E-state index < -0.39 is 0 Å². The Bertz CT molecular complexity index is 524. The molecular formula is C14H15ClFNS. The average molecular weight is 284 g/mol. The van der Waals surface area contributed by atoms with Gasteiger partial charge in [-0.2, -0.15) is 0 Å². The highest BCUT2D eigenvalue weighted by molar-refractivity contribution is 7.19. The zero-order valence-corrected chi connectivity index (χ0v) is 11.7. The normalized spacial score (nSPS) is 10.8. The van der Waals surface area contributed by atoms with Crippen molar-refractivity contribution in [3.8, 4) is 10.4 Å². The quantitative estimate of drug-likeness (QED) is 0.784. The fourth-order valence-electron chi connectivity index (χ4n) is 1.73. The van der Waals surface area contributed by atoms with Crippen molar-refractivity contribution >= 4 is 22.9 Å². The Morgan fingerprint density at radius 2 is 2.11 bits per heavy atom. The van der Waals surface area contributed by atoms with Gasteiger partial charge in [0.2, 0.25) is 0 Å². The fraction of sp³-hybridized carbons (Fsp3) is 0.286. The van der Waals surface area contributed by atoms with Gasteiger partial charge in [0.1, 0.15) is 5.82 Å². The lowest BCUT2D eigenvalue weighted by atomic mass is 10.1. The predicted molar refractivity (Wildman–Crippen MR) is 76.7 cm³/mol. The molecule has 0 saturated carbocycles. The lowest BCUT2D eigenvalue weighted by molar-refractivity contribution is 0.587. The van der Waals surface area contributed by atoms with E-state index in [1.165, 1.54) is 17.4 Å². The Kier molecular flexibility index (Phi) is 4.75. The summed E-state index contributed by atoms with van der Waals surface area (Å²) < 4.78 is 14.4. The molecule has 4 heteroatoms. The number of nitrogens with one attached hydrogen (secondary N) is 1. The molecule has 18 heavy (non-hydrogen) atoms. The largest absolute Gasteiger partial charge is 0.313 e. The van der Waals surface area contributed by atoms with Crippen molar-refractivity contribution in [1.82, 2.24) is 5.32 Å². The maximum atomic E-state index is 13.7. The molecule has 0 aliphatic rings. The van der Waals surface area contributed by atoms with Gasteiger partial charge < -0.3 is 5.32 Å². The van der Waals surface area contributed by atoms with Gasteiger partial charge in [-0.3, -0.25) is 0 Å². The van der Waals surface area contributed by atoms with Crippen molar-refractivity contribution < 1.29 is 4.39 Å². The molecule has 0 spiro atoms. The van der Waals surface area contributed by atoms with E-state index in [2.05, 4.69) is 12.2 Å². The Morgan fingerprint density at radius 3 is 2.78 bits per heavy atom. The molecule has 0 amide bonds. The van der Waals surface area contributed by atoms with E-state index in [4.69, 9.17) is 11.6 Å². The summed E-state index contributed by atoms with van der Waals surface area (Å²) >= 11 is 7.42. The minimum Gasteiger partial charge on any atom is -0.313 e. The number of halogens is 2. The molecule has 1 aromatic carbocycles. The molecule has 1 N–H and O–H groups in total. The molecule has 0 radical (unpaired) electrons. The molecule has 1 heterocycles. The van der Waals surface area contributed by atoms with Gasteiger partial charge in [0, 0.05) is 17.0 Å². The molecule has 0 bridgehead atoms. The molecule has 1 nitrogen and oxygen atoms in total. The summed E-state index contributed by atoms with van der Waals surface area (Å²) in [6.07, 6.45) is 1.04. The average Bonchev–Trinajstić information content (AvgIpc) is 2.78.